The Kier molecular flexibility index (Phi) is 6.22. The number of carbonyl (C=O) groups excluding carboxylic acids is 2. The quantitative estimate of drug-likeness (QED) is 0.781. The molecule has 1 heterocycles. The van der Waals surface area contributed by atoms with E-state index in [0.717, 1.165) is 10.6 Å². The van der Waals surface area contributed by atoms with Gasteiger partial charge < -0.3 is 10.2 Å². The summed E-state index contributed by atoms with van der Waals surface area (Å²) in [6.45, 7) is 1.12. The lowest BCUT2D eigenvalue weighted by molar-refractivity contribution is -0.121. The third kappa shape index (κ3) is 4.40. The van der Waals surface area contributed by atoms with Gasteiger partial charge in [0.05, 0.1) is 10.6 Å². The average Bonchev–Trinajstić information content (AvgIpc) is 2.68. The second-order valence-corrected chi connectivity index (χ2v) is 7.55. The minimum atomic E-state index is -0.0803. The van der Waals surface area contributed by atoms with Crippen LogP contribution in [0.15, 0.2) is 53.4 Å². The van der Waals surface area contributed by atoms with Gasteiger partial charge in [-0.25, -0.2) is 0 Å². The predicted molar refractivity (Wildman–Crippen MR) is 107 cm³/mol. The maximum absolute atomic E-state index is 12.6. The highest BCUT2D eigenvalue weighted by atomic mass is 35.5. The fraction of sp³-hybridized carbons (Fsp3) is 0.300. The molecule has 1 fully saturated rings. The summed E-state index contributed by atoms with van der Waals surface area (Å²) in [6, 6.07) is 14.9. The minimum Gasteiger partial charge on any atom is -0.339 e. The van der Waals surface area contributed by atoms with Gasteiger partial charge in [0.25, 0.3) is 5.91 Å². The average molecular weight is 389 g/mol. The van der Waals surface area contributed by atoms with Crippen LogP contribution in [0.2, 0.25) is 5.02 Å². The molecule has 0 aliphatic carbocycles. The van der Waals surface area contributed by atoms with Crippen molar-refractivity contribution in [2.75, 3.05) is 24.7 Å². The number of thioether (sulfide) groups is 1. The number of halogens is 1. The SMILES string of the molecule is CSc1cccc(NC(=O)C2CCN(C(=O)c3ccccc3Cl)CC2)c1. The maximum atomic E-state index is 12.6. The van der Waals surface area contributed by atoms with Crippen LogP contribution in [0, 0.1) is 5.92 Å². The highest BCUT2D eigenvalue weighted by molar-refractivity contribution is 7.98. The van der Waals surface area contributed by atoms with Crippen molar-refractivity contribution in [1.82, 2.24) is 4.90 Å². The number of likely N-dealkylation sites (tertiary alicyclic amines) is 1. The number of nitrogens with one attached hydrogen (secondary N) is 1. The predicted octanol–water partition coefficient (Wildman–Crippen LogP) is 4.55. The van der Waals surface area contributed by atoms with Crippen molar-refractivity contribution >= 4 is 40.9 Å². The number of piperidine rings is 1. The monoisotopic (exact) mass is 388 g/mol. The van der Waals surface area contributed by atoms with Gasteiger partial charge >= 0.3 is 0 Å². The molecule has 0 bridgehead atoms. The molecule has 1 aliphatic rings. The van der Waals surface area contributed by atoms with Crippen LogP contribution in [0.5, 0.6) is 0 Å². The van der Waals surface area contributed by atoms with Gasteiger partial charge in [-0.15, -0.1) is 11.8 Å². The molecule has 0 atom stereocenters. The van der Waals surface area contributed by atoms with Gasteiger partial charge in [-0.1, -0.05) is 29.8 Å². The lowest BCUT2D eigenvalue weighted by atomic mass is 9.95. The van der Waals surface area contributed by atoms with E-state index in [2.05, 4.69) is 5.32 Å². The number of rotatable bonds is 4. The van der Waals surface area contributed by atoms with Crippen molar-refractivity contribution in [2.24, 2.45) is 5.92 Å². The normalized spacial score (nSPS) is 14.9. The molecule has 3 rings (SSSR count). The smallest absolute Gasteiger partial charge is 0.255 e. The number of carbonyl (C=O) groups is 2. The first kappa shape index (κ1) is 18.8. The molecular formula is C20H21ClN2O2S. The van der Waals surface area contributed by atoms with Crippen LogP contribution in [0.1, 0.15) is 23.2 Å². The standard InChI is InChI=1S/C20H21ClN2O2S/c1-26-16-6-4-5-15(13-16)22-19(24)14-9-11-23(12-10-14)20(25)17-7-2-3-8-18(17)21/h2-8,13-14H,9-12H2,1H3,(H,22,24). The largest absolute Gasteiger partial charge is 0.339 e. The Morgan fingerprint density at radius 1 is 1.12 bits per heavy atom. The van der Waals surface area contributed by atoms with Crippen molar-refractivity contribution in [3.8, 4) is 0 Å². The first-order valence-electron chi connectivity index (χ1n) is 8.57. The molecule has 0 unspecified atom stereocenters. The molecule has 0 radical (unpaired) electrons. The number of benzene rings is 2. The van der Waals surface area contributed by atoms with E-state index in [-0.39, 0.29) is 17.7 Å². The molecular weight excluding hydrogens is 368 g/mol. The summed E-state index contributed by atoms with van der Waals surface area (Å²) < 4.78 is 0. The maximum Gasteiger partial charge on any atom is 0.255 e. The Balaban J connectivity index is 1.57. The Labute approximate surface area is 162 Å². The van der Waals surface area contributed by atoms with Crippen LogP contribution in [0.3, 0.4) is 0 Å². The second kappa shape index (κ2) is 8.60. The van der Waals surface area contributed by atoms with Crippen LogP contribution in [-0.4, -0.2) is 36.1 Å². The van der Waals surface area contributed by atoms with Crippen molar-refractivity contribution in [2.45, 2.75) is 17.7 Å². The number of hydrogen-bond donors (Lipinski definition) is 1. The number of nitrogens with zero attached hydrogens (tertiary/aromatic N) is 1. The summed E-state index contributed by atoms with van der Waals surface area (Å²) in [5.74, 6) is -0.126. The zero-order valence-corrected chi connectivity index (χ0v) is 16.1. The van der Waals surface area contributed by atoms with E-state index in [1.54, 1.807) is 28.8 Å². The van der Waals surface area contributed by atoms with E-state index in [1.807, 2.05) is 42.7 Å². The number of amides is 2. The van der Waals surface area contributed by atoms with Crippen LogP contribution in [-0.2, 0) is 4.79 Å². The Morgan fingerprint density at radius 3 is 2.54 bits per heavy atom. The highest BCUT2D eigenvalue weighted by Gasteiger charge is 2.28. The molecule has 26 heavy (non-hydrogen) atoms. The third-order valence-corrected chi connectivity index (χ3v) is 5.65. The van der Waals surface area contributed by atoms with E-state index in [4.69, 9.17) is 11.6 Å². The van der Waals surface area contributed by atoms with Gasteiger partial charge in [-0.05, 0) is 49.4 Å². The number of hydrogen-bond acceptors (Lipinski definition) is 3. The van der Waals surface area contributed by atoms with Crippen molar-refractivity contribution < 1.29 is 9.59 Å². The topological polar surface area (TPSA) is 49.4 Å². The molecule has 2 aromatic rings. The van der Waals surface area contributed by atoms with Crippen LogP contribution in [0.25, 0.3) is 0 Å². The van der Waals surface area contributed by atoms with E-state index >= 15 is 0 Å². The Morgan fingerprint density at radius 2 is 1.85 bits per heavy atom. The first-order valence-corrected chi connectivity index (χ1v) is 10.2. The van der Waals surface area contributed by atoms with E-state index < -0.39 is 0 Å². The third-order valence-electron chi connectivity index (χ3n) is 4.59. The molecule has 6 heteroatoms. The first-order chi connectivity index (χ1) is 12.6. The molecule has 1 aliphatic heterocycles. The molecule has 4 nitrogen and oxygen atoms in total. The number of anilines is 1. The zero-order valence-electron chi connectivity index (χ0n) is 14.6. The molecule has 1 N–H and O–H groups in total. The molecule has 2 amide bonds. The van der Waals surface area contributed by atoms with E-state index in [0.29, 0.717) is 36.5 Å². The van der Waals surface area contributed by atoms with Crippen LogP contribution in [0.4, 0.5) is 5.69 Å². The van der Waals surface area contributed by atoms with Gasteiger partial charge in [-0.3, -0.25) is 9.59 Å². The molecule has 0 aromatic heterocycles. The van der Waals surface area contributed by atoms with Crippen molar-refractivity contribution in [3.63, 3.8) is 0 Å². The zero-order chi connectivity index (χ0) is 18.5. The highest BCUT2D eigenvalue weighted by Crippen LogP contribution is 2.24. The van der Waals surface area contributed by atoms with E-state index in [1.165, 1.54) is 0 Å². The summed E-state index contributed by atoms with van der Waals surface area (Å²) in [7, 11) is 0. The van der Waals surface area contributed by atoms with Crippen molar-refractivity contribution in [3.05, 3.63) is 59.1 Å². The molecule has 1 saturated heterocycles. The summed E-state index contributed by atoms with van der Waals surface area (Å²) in [5.41, 5.74) is 1.34. The fourth-order valence-corrected chi connectivity index (χ4v) is 3.77. The Hall–Kier alpha value is -1.98. The Bertz CT molecular complexity index is 804. The van der Waals surface area contributed by atoms with E-state index in [9.17, 15) is 9.59 Å². The van der Waals surface area contributed by atoms with Crippen LogP contribution >= 0.6 is 23.4 Å². The lowest BCUT2D eigenvalue weighted by Gasteiger charge is -2.31. The summed E-state index contributed by atoms with van der Waals surface area (Å²) in [6.07, 6.45) is 3.32. The van der Waals surface area contributed by atoms with Gasteiger partial charge in [0.1, 0.15) is 0 Å². The van der Waals surface area contributed by atoms with Gasteiger partial charge in [0.2, 0.25) is 5.91 Å². The van der Waals surface area contributed by atoms with Gasteiger partial charge in [-0.2, -0.15) is 0 Å². The lowest BCUT2D eigenvalue weighted by Crippen LogP contribution is -2.41. The summed E-state index contributed by atoms with van der Waals surface area (Å²) >= 11 is 7.76. The summed E-state index contributed by atoms with van der Waals surface area (Å²) in [4.78, 5) is 28.0. The van der Waals surface area contributed by atoms with Crippen LogP contribution < -0.4 is 5.32 Å². The van der Waals surface area contributed by atoms with Crippen molar-refractivity contribution in [1.29, 1.82) is 0 Å². The second-order valence-electron chi connectivity index (χ2n) is 6.27. The molecule has 0 spiro atoms. The summed E-state index contributed by atoms with van der Waals surface area (Å²) in [5, 5.41) is 3.46. The molecule has 2 aromatic carbocycles. The van der Waals surface area contributed by atoms with Gasteiger partial charge in [0.15, 0.2) is 0 Å². The molecule has 136 valence electrons. The minimum absolute atomic E-state index is 0.0214. The fourth-order valence-electron chi connectivity index (χ4n) is 3.09. The van der Waals surface area contributed by atoms with Gasteiger partial charge in [0, 0.05) is 29.6 Å². The molecule has 0 saturated carbocycles.